The molecule has 1 saturated heterocycles. The van der Waals surface area contributed by atoms with Crippen LogP contribution in [-0.4, -0.2) is 35.6 Å². The third kappa shape index (κ3) is 4.22. The van der Waals surface area contributed by atoms with Gasteiger partial charge in [-0.2, -0.15) is 0 Å². The molecule has 0 atom stereocenters. The molecule has 0 unspecified atom stereocenters. The smallest absolute Gasteiger partial charge is 0.293 e. The predicted molar refractivity (Wildman–Crippen MR) is 134 cm³/mol. The zero-order valence-electron chi connectivity index (χ0n) is 18.3. The highest BCUT2D eigenvalue weighted by Gasteiger charge is 2.36. The molecule has 170 valence electrons. The Hall–Kier alpha value is -3.49. The number of methoxy groups -OCH3 is 1. The average molecular weight is 489 g/mol. The van der Waals surface area contributed by atoms with Crippen molar-refractivity contribution in [2.45, 2.75) is 16.2 Å². The van der Waals surface area contributed by atoms with E-state index in [0.717, 1.165) is 43.4 Å². The maximum absolute atomic E-state index is 13.4. The van der Waals surface area contributed by atoms with Gasteiger partial charge in [0, 0.05) is 22.8 Å². The number of thioether (sulfide) groups is 1. The highest BCUT2D eigenvalue weighted by atomic mass is 32.2. The quantitative estimate of drug-likeness (QED) is 0.414. The van der Waals surface area contributed by atoms with Crippen LogP contribution in [0.4, 0.5) is 16.2 Å². The lowest BCUT2D eigenvalue weighted by Gasteiger charge is -2.31. The molecule has 2 heterocycles. The van der Waals surface area contributed by atoms with Gasteiger partial charge >= 0.3 is 0 Å². The highest BCUT2D eigenvalue weighted by molar-refractivity contribution is 8.18. The number of amides is 3. The fraction of sp³-hybridized carbons (Fsp3) is 0.115. The van der Waals surface area contributed by atoms with E-state index in [1.165, 1.54) is 0 Å². The Morgan fingerprint density at radius 2 is 1.59 bits per heavy atom. The molecule has 3 amide bonds. The Morgan fingerprint density at radius 1 is 0.912 bits per heavy atom. The van der Waals surface area contributed by atoms with Crippen LogP contribution in [0.25, 0.3) is 6.08 Å². The predicted octanol–water partition coefficient (Wildman–Crippen LogP) is 5.95. The van der Waals surface area contributed by atoms with Crippen molar-refractivity contribution in [3.05, 3.63) is 83.3 Å². The molecule has 6 nitrogen and oxygen atoms in total. The second-order valence-corrected chi connectivity index (χ2v) is 9.70. The lowest BCUT2D eigenvalue weighted by atomic mass is 10.2. The summed E-state index contributed by atoms with van der Waals surface area (Å²) in [6.45, 7) is 0.0208. The van der Waals surface area contributed by atoms with Crippen LogP contribution in [0.3, 0.4) is 0 Å². The third-order valence-corrected chi connectivity index (χ3v) is 7.53. The van der Waals surface area contributed by atoms with Crippen LogP contribution in [0.2, 0.25) is 0 Å². The second kappa shape index (κ2) is 9.40. The van der Waals surface area contributed by atoms with E-state index in [2.05, 4.69) is 0 Å². The van der Waals surface area contributed by atoms with Crippen molar-refractivity contribution in [2.24, 2.45) is 0 Å². The number of hydrogen-bond acceptors (Lipinski definition) is 6. The number of hydrogen-bond donors (Lipinski definition) is 0. The minimum absolute atomic E-state index is 0.0208. The Bertz CT molecular complexity index is 1290. The molecule has 0 radical (unpaired) electrons. The van der Waals surface area contributed by atoms with E-state index >= 15 is 0 Å². The summed E-state index contributed by atoms with van der Waals surface area (Å²) in [5, 5.41) is -0.373. The molecule has 0 aromatic heterocycles. The summed E-state index contributed by atoms with van der Waals surface area (Å²) < 4.78 is 5.22. The number of ether oxygens (including phenoxy) is 1. The molecule has 5 rings (SSSR count). The summed E-state index contributed by atoms with van der Waals surface area (Å²) >= 11 is 2.50. The van der Waals surface area contributed by atoms with Crippen molar-refractivity contribution in [1.29, 1.82) is 0 Å². The Morgan fingerprint density at radius 3 is 2.26 bits per heavy atom. The largest absolute Gasteiger partial charge is 0.497 e. The molecule has 34 heavy (non-hydrogen) atoms. The Kier molecular flexibility index (Phi) is 6.17. The van der Waals surface area contributed by atoms with Gasteiger partial charge in [-0.15, -0.1) is 0 Å². The number of imide groups is 1. The molecule has 0 N–H and O–H groups in total. The van der Waals surface area contributed by atoms with Gasteiger partial charge in [0.1, 0.15) is 5.75 Å². The van der Waals surface area contributed by atoms with Gasteiger partial charge in [0.2, 0.25) is 5.91 Å². The van der Waals surface area contributed by atoms with Crippen LogP contribution in [0, 0.1) is 0 Å². The Balaban J connectivity index is 1.34. The van der Waals surface area contributed by atoms with Gasteiger partial charge in [-0.25, -0.2) is 0 Å². The molecule has 8 heteroatoms. The van der Waals surface area contributed by atoms with Gasteiger partial charge in [0.15, 0.2) is 0 Å². The molecular formula is C26H20N2O4S2. The molecule has 3 aromatic rings. The zero-order chi connectivity index (χ0) is 23.7. The molecular weight excluding hydrogens is 468 g/mol. The number of anilines is 2. The van der Waals surface area contributed by atoms with Crippen LogP contribution < -0.4 is 9.64 Å². The lowest BCUT2D eigenvalue weighted by Crippen LogP contribution is -2.35. The monoisotopic (exact) mass is 488 g/mol. The van der Waals surface area contributed by atoms with E-state index < -0.39 is 0 Å². The summed E-state index contributed by atoms with van der Waals surface area (Å²) in [6.07, 6.45) is 1.70. The maximum Gasteiger partial charge on any atom is 0.293 e. The molecule has 0 saturated carbocycles. The zero-order valence-corrected chi connectivity index (χ0v) is 19.9. The standard InChI is InChI=1S/C26H20N2O4S2/c1-32-18-8-6-7-17(15-18)16-23-25(30)27(26(31)34-23)14-13-24(29)28-19-9-2-4-11-21(19)33-22-12-5-3-10-20(22)28/h2-12,15-16H,13-14H2,1H3/b23-16-. The summed E-state index contributed by atoms with van der Waals surface area (Å²) in [6, 6.07) is 22.7. The number of fused-ring (bicyclic) bond motifs is 2. The van der Waals surface area contributed by atoms with Crippen molar-refractivity contribution >= 4 is 58.0 Å². The number of para-hydroxylation sites is 2. The summed E-state index contributed by atoms with van der Waals surface area (Å²) in [7, 11) is 1.57. The first kappa shape index (κ1) is 22.3. The van der Waals surface area contributed by atoms with Gasteiger partial charge in [0.25, 0.3) is 11.1 Å². The SMILES string of the molecule is COc1cccc(/C=C2\SC(=O)N(CCC(=O)N3c4ccccc4Sc4ccccc43)C2=O)c1. The van der Waals surface area contributed by atoms with Crippen LogP contribution in [0.1, 0.15) is 12.0 Å². The van der Waals surface area contributed by atoms with Gasteiger partial charge < -0.3 is 4.74 Å². The minimum Gasteiger partial charge on any atom is -0.497 e. The average Bonchev–Trinajstić information content (AvgIpc) is 3.12. The second-order valence-electron chi connectivity index (χ2n) is 7.63. The summed E-state index contributed by atoms with van der Waals surface area (Å²) in [5.74, 6) is 0.107. The number of benzene rings is 3. The van der Waals surface area contributed by atoms with E-state index in [0.29, 0.717) is 10.7 Å². The van der Waals surface area contributed by atoms with Gasteiger partial charge in [-0.1, -0.05) is 48.2 Å². The van der Waals surface area contributed by atoms with E-state index in [1.807, 2.05) is 66.7 Å². The molecule has 0 aliphatic carbocycles. The van der Waals surface area contributed by atoms with Gasteiger partial charge in [-0.05, 0) is 59.8 Å². The topological polar surface area (TPSA) is 66.9 Å². The fourth-order valence-electron chi connectivity index (χ4n) is 3.87. The van der Waals surface area contributed by atoms with Crippen LogP contribution in [0.15, 0.2) is 87.5 Å². The molecule has 1 fully saturated rings. The number of carbonyl (C=O) groups is 3. The first-order valence-electron chi connectivity index (χ1n) is 10.6. The van der Waals surface area contributed by atoms with E-state index in [9.17, 15) is 14.4 Å². The molecule has 0 spiro atoms. The van der Waals surface area contributed by atoms with Crippen LogP contribution in [0.5, 0.6) is 5.75 Å². The number of rotatable bonds is 5. The van der Waals surface area contributed by atoms with E-state index in [-0.39, 0.29) is 30.0 Å². The summed E-state index contributed by atoms with van der Waals surface area (Å²) in [5.41, 5.74) is 2.38. The normalized spacial score (nSPS) is 16.0. The number of nitrogens with zero attached hydrogens (tertiary/aromatic N) is 2. The number of carbonyl (C=O) groups excluding carboxylic acids is 3. The fourth-order valence-corrected chi connectivity index (χ4v) is 5.79. The molecule has 2 aliphatic rings. The van der Waals surface area contributed by atoms with Crippen molar-refractivity contribution < 1.29 is 19.1 Å². The minimum atomic E-state index is -0.388. The first-order chi connectivity index (χ1) is 16.5. The molecule has 3 aromatic carbocycles. The van der Waals surface area contributed by atoms with Crippen LogP contribution >= 0.6 is 23.5 Å². The molecule has 2 aliphatic heterocycles. The van der Waals surface area contributed by atoms with Crippen molar-refractivity contribution in [2.75, 3.05) is 18.6 Å². The van der Waals surface area contributed by atoms with Gasteiger partial charge in [0.05, 0.1) is 23.4 Å². The highest BCUT2D eigenvalue weighted by Crippen LogP contribution is 2.48. The first-order valence-corrected chi connectivity index (χ1v) is 12.3. The van der Waals surface area contributed by atoms with Crippen molar-refractivity contribution in [3.8, 4) is 5.75 Å². The van der Waals surface area contributed by atoms with E-state index in [1.54, 1.807) is 35.9 Å². The van der Waals surface area contributed by atoms with Gasteiger partial charge in [-0.3, -0.25) is 24.2 Å². The lowest BCUT2D eigenvalue weighted by molar-refractivity contribution is -0.123. The van der Waals surface area contributed by atoms with Crippen LogP contribution in [-0.2, 0) is 9.59 Å². The Labute approximate surface area is 205 Å². The van der Waals surface area contributed by atoms with Crippen molar-refractivity contribution in [1.82, 2.24) is 4.90 Å². The maximum atomic E-state index is 13.4. The van der Waals surface area contributed by atoms with E-state index in [4.69, 9.17) is 4.74 Å². The molecule has 0 bridgehead atoms. The summed E-state index contributed by atoms with van der Waals surface area (Å²) in [4.78, 5) is 44.0. The third-order valence-electron chi connectivity index (χ3n) is 5.50. The van der Waals surface area contributed by atoms with Crippen molar-refractivity contribution in [3.63, 3.8) is 0 Å².